The highest BCUT2D eigenvalue weighted by Gasteiger charge is 2.01. The molecule has 2 heterocycles. The molecule has 1 N–H and O–H groups in total. The predicted octanol–water partition coefficient (Wildman–Crippen LogP) is 2.37. The molecule has 0 amide bonds. The number of rotatable bonds is 5. The first kappa shape index (κ1) is 12.5. The highest BCUT2D eigenvalue weighted by molar-refractivity contribution is 14.1. The van der Waals surface area contributed by atoms with E-state index in [1.807, 2.05) is 24.7 Å². The lowest BCUT2D eigenvalue weighted by molar-refractivity contribution is 0.673. The van der Waals surface area contributed by atoms with Crippen LogP contribution in [0, 0.1) is 3.57 Å². The minimum atomic E-state index is 0.865. The summed E-state index contributed by atoms with van der Waals surface area (Å²) in [5.41, 5.74) is 1.23. The van der Waals surface area contributed by atoms with E-state index in [4.69, 9.17) is 0 Å². The SMILES string of the molecule is CCCNCc1ccnc(-n2cc(I)cn2)c1. The van der Waals surface area contributed by atoms with Gasteiger partial charge in [-0.1, -0.05) is 6.92 Å². The van der Waals surface area contributed by atoms with Crippen molar-refractivity contribution in [3.63, 3.8) is 0 Å². The van der Waals surface area contributed by atoms with Crippen LogP contribution < -0.4 is 5.32 Å². The Labute approximate surface area is 115 Å². The average molecular weight is 342 g/mol. The molecule has 2 aromatic rings. The summed E-state index contributed by atoms with van der Waals surface area (Å²) in [7, 11) is 0. The molecular weight excluding hydrogens is 327 g/mol. The minimum Gasteiger partial charge on any atom is -0.313 e. The fourth-order valence-corrected chi connectivity index (χ4v) is 1.92. The molecule has 2 rings (SSSR count). The molecule has 0 bridgehead atoms. The monoisotopic (exact) mass is 342 g/mol. The maximum absolute atomic E-state index is 4.32. The second kappa shape index (κ2) is 6.11. The summed E-state index contributed by atoms with van der Waals surface area (Å²) in [4.78, 5) is 4.32. The molecule has 0 saturated carbocycles. The van der Waals surface area contributed by atoms with Crippen LogP contribution in [0.5, 0.6) is 0 Å². The van der Waals surface area contributed by atoms with Crippen molar-refractivity contribution in [2.75, 3.05) is 6.54 Å². The van der Waals surface area contributed by atoms with Crippen LogP contribution in [0.3, 0.4) is 0 Å². The van der Waals surface area contributed by atoms with Crippen LogP contribution in [0.1, 0.15) is 18.9 Å². The van der Waals surface area contributed by atoms with Crippen LogP contribution >= 0.6 is 22.6 Å². The van der Waals surface area contributed by atoms with Gasteiger partial charge < -0.3 is 5.32 Å². The molecule has 0 fully saturated rings. The lowest BCUT2D eigenvalue weighted by Gasteiger charge is -2.05. The van der Waals surface area contributed by atoms with Crippen LogP contribution in [0.25, 0.3) is 5.82 Å². The maximum Gasteiger partial charge on any atom is 0.153 e. The number of halogens is 1. The van der Waals surface area contributed by atoms with Crippen LogP contribution in [0.15, 0.2) is 30.7 Å². The summed E-state index contributed by atoms with van der Waals surface area (Å²) >= 11 is 2.24. The van der Waals surface area contributed by atoms with Gasteiger partial charge in [0.2, 0.25) is 0 Å². The fourth-order valence-electron chi connectivity index (χ4n) is 1.53. The Bertz CT molecular complexity index is 481. The van der Waals surface area contributed by atoms with Crippen molar-refractivity contribution in [1.82, 2.24) is 20.1 Å². The van der Waals surface area contributed by atoms with Gasteiger partial charge in [0, 0.05) is 18.9 Å². The summed E-state index contributed by atoms with van der Waals surface area (Å²) in [5.74, 6) is 0.865. The van der Waals surface area contributed by atoms with Crippen LogP contribution in [-0.2, 0) is 6.54 Å². The Hall–Kier alpha value is -0.950. The molecule has 0 aliphatic heterocycles. The van der Waals surface area contributed by atoms with Crippen molar-refractivity contribution in [3.05, 3.63) is 39.9 Å². The molecule has 0 unspecified atom stereocenters. The van der Waals surface area contributed by atoms with Gasteiger partial charge in [-0.05, 0) is 53.3 Å². The normalized spacial score (nSPS) is 10.7. The van der Waals surface area contributed by atoms with Crippen molar-refractivity contribution in [2.45, 2.75) is 19.9 Å². The van der Waals surface area contributed by atoms with E-state index in [0.717, 1.165) is 28.9 Å². The van der Waals surface area contributed by atoms with Gasteiger partial charge in [0.25, 0.3) is 0 Å². The van der Waals surface area contributed by atoms with Gasteiger partial charge in [-0.15, -0.1) is 0 Å². The lowest BCUT2D eigenvalue weighted by atomic mass is 10.2. The Morgan fingerprint density at radius 1 is 1.47 bits per heavy atom. The number of hydrogen-bond donors (Lipinski definition) is 1. The van der Waals surface area contributed by atoms with Gasteiger partial charge in [0.15, 0.2) is 5.82 Å². The third-order valence-corrected chi connectivity index (χ3v) is 2.91. The van der Waals surface area contributed by atoms with Crippen molar-refractivity contribution >= 4 is 22.6 Å². The van der Waals surface area contributed by atoms with Crippen LogP contribution in [0.4, 0.5) is 0 Å². The van der Waals surface area contributed by atoms with E-state index in [1.54, 1.807) is 4.68 Å². The molecule has 17 heavy (non-hydrogen) atoms. The number of aromatic nitrogens is 3. The molecule has 0 aliphatic rings. The van der Waals surface area contributed by atoms with Crippen molar-refractivity contribution in [3.8, 4) is 5.82 Å². The molecule has 0 aromatic carbocycles. The number of hydrogen-bond acceptors (Lipinski definition) is 3. The first-order valence-electron chi connectivity index (χ1n) is 5.66. The average Bonchev–Trinajstić information content (AvgIpc) is 2.77. The molecule has 90 valence electrons. The molecule has 0 atom stereocenters. The third kappa shape index (κ3) is 3.50. The van der Waals surface area contributed by atoms with Gasteiger partial charge in [-0.3, -0.25) is 0 Å². The Morgan fingerprint density at radius 3 is 3.06 bits per heavy atom. The maximum atomic E-state index is 4.32. The van der Waals surface area contributed by atoms with Gasteiger partial charge in [-0.25, -0.2) is 9.67 Å². The number of nitrogens with zero attached hydrogens (tertiary/aromatic N) is 3. The van der Waals surface area contributed by atoms with Gasteiger partial charge in [0.1, 0.15) is 0 Å². The summed E-state index contributed by atoms with van der Waals surface area (Å²) in [5, 5.41) is 7.63. The third-order valence-electron chi connectivity index (χ3n) is 2.35. The van der Waals surface area contributed by atoms with Crippen molar-refractivity contribution in [1.29, 1.82) is 0 Å². The quantitative estimate of drug-likeness (QED) is 0.670. The number of pyridine rings is 1. The smallest absolute Gasteiger partial charge is 0.153 e. The molecule has 5 heteroatoms. The Balaban J connectivity index is 2.11. The molecule has 2 aromatic heterocycles. The zero-order valence-electron chi connectivity index (χ0n) is 9.73. The summed E-state index contributed by atoms with van der Waals surface area (Å²) < 4.78 is 2.91. The van der Waals surface area contributed by atoms with E-state index in [0.29, 0.717) is 0 Å². The first-order valence-corrected chi connectivity index (χ1v) is 6.73. The zero-order chi connectivity index (χ0) is 12.1. The van der Waals surface area contributed by atoms with E-state index in [9.17, 15) is 0 Å². The van der Waals surface area contributed by atoms with E-state index in [2.05, 4.69) is 51.0 Å². The van der Waals surface area contributed by atoms with Crippen molar-refractivity contribution < 1.29 is 0 Å². The molecular formula is C12H15IN4. The number of nitrogens with one attached hydrogen (secondary N) is 1. The molecule has 0 aliphatic carbocycles. The summed E-state index contributed by atoms with van der Waals surface area (Å²) in [6.07, 6.45) is 6.76. The predicted molar refractivity (Wildman–Crippen MR) is 76.1 cm³/mol. The van der Waals surface area contributed by atoms with Crippen LogP contribution in [-0.4, -0.2) is 21.3 Å². The van der Waals surface area contributed by atoms with Gasteiger partial charge in [0.05, 0.1) is 9.77 Å². The molecule has 0 radical (unpaired) electrons. The zero-order valence-corrected chi connectivity index (χ0v) is 11.9. The fraction of sp³-hybridized carbons (Fsp3) is 0.333. The highest BCUT2D eigenvalue weighted by Crippen LogP contribution is 2.09. The minimum absolute atomic E-state index is 0.865. The Kier molecular flexibility index (Phi) is 4.49. The molecule has 0 spiro atoms. The molecule has 4 nitrogen and oxygen atoms in total. The van der Waals surface area contributed by atoms with Crippen LogP contribution in [0.2, 0.25) is 0 Å². The molecule has 0 saturated heterocycles. The highest BCUT2D eigenvalue weighted by atomic mass is 127. The van der Waals surface area contributed by atoms with E-state index in [1.165, 1.54) is 5.56 Å². The topological polar surface area (TPSA) is 42.7 Å². The van der Waals surface area contributed by atoms with Gasteiger partial charge in [-0.2, -0.15) is 5.10 Å². The van der Waals surface area contributed by atoms with E-state index in [-0.39, 0.29) is 0 Å². The summed E-state index contributed by atoms with van der Waals surface area (Å²) in [6, 6.07) is 4.09. The van der Waals surface area contributed by atoms with Gasteiger partial charge >= 0.3 is 0 Å². The van der Waals surface area contributed by atoms with Crippen molar-refractivity contribution in [2.24, 2.45) is 0 Å². The second-order valence-electron chi connectivity index (χ2n) is 3.80. The lowest BCUT2D eigenvalue weighted by Crippen LogP contribution is -2.14. The largest absolute Gasteiger partial charge is 0.313 e. The van der Waals surface area contributed by atoms with E-state index >= 15 is 0 Å². The standard InChI is InChI=1S/C12H15IN4/c1-2-4-14-7-10-3-5-15-12(6-10)17-9-11(13)8-16-17/h3,5-6,8-9,14H,2,4,7H2,1H3. The van der Waals surface area contributed by atoms with E-state index < -0.39 is 0 Å². The Morgan fingerprint density at radius 2 is 2.35 bits per heavy atom. The first-order chi connectivity index (χ1) is 8.29. The second-order valence-corrected chi connectivity index (χ2v) is 5.05. The summed E-state index contributed by atoms with van der Waals surface area (Å²) in [6.45, 7) is 4.08.